The van der Waals surface area contributed by atoms with E-state index >= 15 is 0 Å². The van der Waals surface area contributed by atoms with Gasteiger partial charge in [0, 0.05) is 20.1 Å². The Morgan fingerprint density at radius 2 is 2.15 bits per heavy atom. The number of amides is 1. The standard InChI is InChI=1S/C13H20N4O2.HI/c1-3-16-12(18)9-19-11-6-4-5-10(7-11)8-17-13(14)15-2;/h4-7H,3,8-9H2,1-2H3,(H,16,18)(H3,14,15,17);1H. The number of nitrogens with zero attached hydrogens (tertiary/aromatic N) is 1. The number of likely N-dealkylation sites (N-methyl/N-ethyl adjacent to an activating group) is 1. The number of nitrogens with two attached hydrogens (primary N) is 1. The summed E-state index contributed by atoms with van der Waals surface area (Å²) in [6.45, 7) is 3.04. The fraction of sp³-hybridized carbons (Fsp3) is 0.385. The molecule has 7 heteroatoms. The van der Waals surface area contributed by atoms with Gasteiger partial charge in [-0.3, -0.25) is 9.79 Å². The SMILES string of the molecule is CCNC(=O)COc1cccc(CNC(N)=NC)c1.I. The van der Waals surface area contributed by atoms with Crippen molar-refractivity contribution in [2.24, 2.45) is 10.7 Å². The van der Waals surface area contributed by atoms with E-state index in [0.717, 1.165) is 5.56 Å². The number of hydrogen-bond donors (Lipinski definition) is 3. The molecule has 0 aliphatic carbocycles. The number of hydrogen-bond acceptors (Lipinski definition) is 3. The third kappa shape index (κ3) is 7.17. The maximum absolute atomic E-state index is 11.3. The summed E-state index contributed by atoms with van der Waals surface area (Å²) < 4.78 is 5.39. The predicted octanol–water partition coefficient (Wildman–Crippen LogP) is 0.854. The first kappa shape index (κ1) is 18.5. The molecule has 0 unspecified atom stereocenters. The number of carbonyl (C=O) groups is 1. The second-order valence-corrected chi connectivity index (χ2v) is 3.85. The quantitative estimate of drug-likeness (QED) is 0.381. The van der Waals surface area contributed by atoms with Gasteiger partial charge in [-0.05, 0) is 24.6 Å². The van der Waals surface area contributed by atoms with Crippen molar-refractivity contribution < 1.29 is 9.53 Å². The number of guanidine groups is 1. The molecule has 6 nitrogen and oxygen atoms in total. The molecule has 0 bridgehead atoms. The molecule has 1 rings (SSSR count). The fourth-order valence-electron chi connectivity index (χ4n) is 1.41. The molecule has 1 aromatic rings. The van der Waals surface area contributed by atoms with Gasteiger partial charge in [-0.2, -0.15) is 0 Å². The Morgan fingerprint density at radius 1 is 1.40 bits per heavy atom. The van der Waals surface area contributed by atoms with E-state index in [1.54, 1.807) is 13.1 Å². The first-order valence-electron chi connectivity index (χ1n) is 6.10. The topological polar surface area (TPSA) is 88.7 Å². The van der Waals surface area contributed by atoms with E-state index in [1.807, 2.05) is 25.1 Å². The zero-order valence-corrected chi connectivity index (χ0v) is 14.0. The molecular weight excluding hydrogens is 371 g/mol. The lowest BCUT2D eigenvalue weighted by molar-refractivity contribution is -0.122. The Bertz CT molecular complexity index is 452. The molecule has 0 atom stereocenters. The zero-order valence-electron chi connectivity index (χ0n) is 11.7. The largest absolute Gasteiger partial charge is 0.484 e. The Morgan fingerprint density at radius 3 is 2.80 bits per heavy atom. The maximum Gasteiger partial charge on any atom is 0.257 e. The van der Waals surface area contributed by atoms with Crippen LogP contribution in [0.5, 0.6) is 5.75 Å². The van der Waals surface area contributed by atoms with E-state index < -0.39 is 0 Å². The number of aliphatic imine (C=N–C) groups is 1. The summed E-state index contributed by atoms with van der Waals surface area (Å²) in [4.78, 5) is 15.1. The fourth-order valence-corrected chi connectivity index (χ4v) is 1.41. The lowest BCUT2D eigenvalue weighted by Gasteiger charge is -2.09. The Balaban J connectivity index is 0.00000361. The average molecular weight is 392 g/mol. The normalized spacial score (nSPS) is 10.4. The number of benzene rings is 1. The number of rotatable bonds is 6. The van der Waals surface area contributed by atoms with Gasteiger partial charge in [-0.15, -0.1) is 24.0 Å². The molecule has 1 aromatic carbocycles. The van der Waals surface area contributed by atoms with Crippen LogP contribution in [-0.2, 0) is 11.3 Å². The van der Waals surface area contributed by atoms with Crippen molar-refractivity contribution in [3.8, 4) is 5.75 Å². The minimum Gasteiger partial charge on any atom is -0.484 e. The Labute approximate surface area is 136 Å². The van der Waals surface area contributed by atoms with Crippen molar-refractivity contribution in [3.63, 3.8) is 0 Å². The average Bonchev–Trinajstić information content (AvgIpc) is 2.43. The van der Waals surface area contributed by atoms with Crippen molar-refractivity contribution in [1.29, 1.82) is 0 Å². The number of halogens is 1. The summed E-state index contributed by atoms with van der Waals surface area (Å²) in [6, 6.07) is 7.47. The van der Waals surface area contributed by atoms with E-state index in [9.17, 15) is 4.79 Å². The highest BCUT2D eigenvalue weighted by atomic mass is 127. The van der Waals surface area contributed by atoms with Crippen LogP contribution in [0, 0.1) is 0 Å². The molecule has 20 heavy (non-hydrogen) atoms. The lowest BCUT2D eigenvalue weighted by atomic mass is 10.2. The van der Waals surface area contributed by atoms with Crippen LogP contribution in [0.2, 0.25) is 0 Å². The van der Waals surface area contributed by atoms with E-state index in [0.29, 0.717) is 24.8 Å². The van der Waals surface area contributed by atoms with Gasteiger partial charge in [0.25, 0.3) is 5.91 Å². The summed E-state index contributed by atoms with van der Waals surface area (Å²) in [5.74, 6) is 0.902. The summed E-state index contributed by atoms with van der Waals surface area (Å²) in [5.41, 5.74) is 6.55. The van der Waals surface area contributed by atoms with Gasteiger partial charge in [0.05, 0.1) is 0 Å². The third-order valence-corrected chi connectivity index (χ3v) is 2.36. The lowest BCUT2D eigenvalue weighted by Crippen LogP contribution is -2.30. The molecule has 0 aliphatic heterocycles. The van der Waals surface area contributed by atoms with Crippen LogP contribution >= 0.6 is 24.0 Å². The predicted molar refractivity (Wildman–Crippen MR) is 90.4 cm³/mol. The third-order valence-electron chi connectivity index (χ3n) is 2.36. The highest BCUT2D eigenvalue weighted by Gasteiger charge is 2.02. The number of nitrogens with one attached hydrogen (secondary N) is 2. The van der Waals surface area contributed by atoms with Gasteiger partial charge < -0.3 is 21.1 Å². The van der Waals surface area contributed by atoms with Gasteiger partial charge in [0.2, 0.25) is 0 Å². The maximum atomic E-state index is 11.3. The molecule has 0 aromatic heterocycles. The summed E-state index contributed by atoms with van der Waals surface area (Å²) in [6.07, 6.45) is 0. The molecule has 0 saturated heterocycles. The van der Waals surface area contributed by atoms with Crippen molar-refractivity contribution in [1.82, 2.24) is 10.6 Å². The molecule has 112 valence electrons. The number of carbonyl (C=O) groups excluding carboxylic acids is 1. The smallest absolute Gasteiger partial charge is 0.257 e. The molecule has 0 aliphatic rings. The van der Waals surface area contributed by atoms with Crippen LogP contribution in [0.4, 0.5) is 0 Å². The molecule has 0 radical (unpaired) electrons. The first-order chi connectivity index (χ1) is 9.15. The second kappa shape index (κ2) is 10.3. The van der Waals surface area contributed by atoms with Gasteiger partial charge in [0.15, 0.2) is 12.6 Å². The highest BCUT2D eigenvalue weighted by molar-refractivity contribution is 14.0. The van der Waals surface area contributed by atoms with Crippen LogP contribution in [0.25, 0.3) is 0 Å². The van der Waals surface area contributed by atoms with Crippen LogP contribution < -0.4 is 21.1 Å². The summed E-state index contributed by atoms with van der Waals surface area (Å²) >= 11 is 0. The van der Waals surface area contributed by atoms with Gasteiger partial charge in [0.1, 0.15) is 5.75 Å². The van der Waals surface area contributed by atoms with Crippen molar-refractivity contribution in [2.45, 2.75) is 13.5 Å². The van der Waals surface area contributed by atoms with Crippen molar-refractivity contribution in [2.75, 3.05) is 20.2 Å². The second-order valence-electron chi connectivity index (χ2n) is 3.85. The highest BCUT2D eigenvalue weighted by Crippen LogP contribution is 2.12. The van der Waals surface area contributed by atoms with E-state index in [-0.39, 0.29) is 36.5 Å². The van der Waals surface area contributed by atoms with Gasteiger partial charge in [-0.25, -0.2) is 0 Å². The van der Waals surface area contributed by atoms with Crippen LogP contribution in [-0.4, -0.2) is 32.1 Å². The monoisotopic (exact) mass is 392 g/mol. The molecule has 0 fully saturated rings. The molecule has 1 amide bonds. The van der Waals surface area contributed by atoms with Gasteiger partial charge in [-0.1, -0.05) is 12.1 Å². The molecule has 0 spiro atoms. The zero-order chi connectivity index (χ0) is 14.1. The minimum atomic E-state index is -0.131. The van der Waals surface area contributed by atoms with E-state index in [1.165, 1.54) is 0 Å². The first-order valence-corrected chi connectivity index (χ1v) is 6.10. The number of ether oxygens (including phenoxy) is 1. The molecule has 0 saturated carbocycles. The van der Waals surface area contributed by atoms with E-state index in [4.69, 9.17) is 10.5 Å². The molecule has 0 heterocycles. The molecule has 4 N–H and O–H groups in total. The van der Waals surface area contributed by atoms with Crippen molar-refractivity contribution >= 4 is 35.8 Å². The molecular formula is C13H21IN4O2. The van der Waals surface area contributed by atoms with Gasteiger partial charge >= 0.3 is 0 Å². The van der Waals surface area contributed by atoms with Crippen LogP contribution in [0.3, 0.4) is 0 Å². The summed E-state index contributed by atoms with van der Waals surface area (Å²) in [5, 5.41) is 5.62. The Hall–Kier alpha value is -1.51. The van der Waals surface area contributed by atoms with Crippen LogP contribution in [0.15, 0.2) is 29.3 Å². The summed E-state index contributed by atoms with van der Waals surface area (Å²) in [7, 11) is 1.62. The van der Waals surface area contributed by atoms with Crippen LogP contribution in [0.1, 0.15) is 12.5 Å². The Kier molecular flexibility index (Phi) is 9.52. The van der Waals surface area contributed by atoms with E-state index in [2.05, 4.69) is 15.6 Å². The van der Waals surface area contributed by atoms with Crippen molar-refractivity contribution in [3.05, 3.63) is 29.8 Å². The minimum absolute atomic E-state index is 0.